The number of nitrogens with zero attached hydrogens (tertiary/aromatic N) is 4. The number of aromatic nitrogens is 3. The molecule has 1 heterocycles. The van der Waals surface area contributed by atoms with Crippen molar-refractivity contribution in [2.75, 3.05) is 12.5 Å². The Morgan fingerprint density at radius 1 is 1.33 bits per heavy atom. The highest BCUT2D eigenvalue weighted by atomic mass is 79.9. The molecule has 0 unspecified atom stereocenters. The molecule has 11 heteroatoms. The Bertz CT molecular complexity index is 660. The number of ether oxygens (including phenoxy) is 2. The first-order valence-electron chi connectivity index (χ1n) is 5.42. The lowest BCUT2D eigenvalue weighted by Gasteiger charge is -2.08. The lowest BCUT2D eigenvalue weighted by molar-refractivity contribution is -0.385. The Balaban J connectivity index is 2.38. The first-order valence-corrected chi connectivity index (χ1v) is 6.22. The zero-order valence-corrected chi connectivity index (χ0v) is 12.2. The van der Waals surface area contributed by atoms with Crippen molar-refractivity contribution in [3.63, 3.8) is 0 Å². The monoisotopic (exact) mass is 356 g/mol. The van der Waals surface area contributed by atoms with E-state index in [1.54, 1.807) is 0 Å². The molecule has 110 valence electrons. The number of hydrogen-bond acceptors (Lipinski definition) is 9. The smallest absolute Gasteiger partial charge is 0.330 e. The molecule has 1 aromatic heterocycles. The van der Waals surface area contributed by atoms with Gasteiger partial charge in [-0.25, -0.2) is 5.84 Å². The van der Waals surface area contributed by atoms with Gasteiger partial charge in [0.15, 0.2) is 5.75 Å². The topological polar surface area (TPSA) is 138 Å². The molecule has 2 rings (SSSR count). The average Bonchev–Trinajstić information content (AvgIpc) is 2.48. The van der Waals surface area contributed by atoms with E-state index in [2.05, 4.69) is 36.3 Å². The van der Waals surface area contributed by atoms with Crippen LogP contribution in [0.15, 0.2) is 22.7 Å². The minimum Gasteiger partial charge on any atom is -0.467 e. The molecule has 3 N–H and O–H groups in total. The average molecular weight is 357 g/mol. The molecular weight excluding hydrogens is 348 g/mol. The van der Waals surface area contributed by atoms with E-state index in [-0.39, 0.29) is 33.9 Å². The number of nitro benzene ring substituents is 1. The first kappa shape index (κ1) is 14.9. The van der Waals surface area contributed by atoms with Crippen LogP contribution in [0.25, 0.3) is 0 Å². The Morgan fingerprint density at radius 2 is 2.05 bits per heavy atom. The normalized spacial score (nSPS) is 10.0. The summed E-state index contributed by atoms with van der Waals surface area (Å²) in [7, 11) is 1.36. The van der Waals surface area contributed by atoms with Crippen LogP contribution >= 0.6 is 15.9 Å². The predicted molar refractivity (Wildman–Crippen MR) is 75.1 cm³/mol. The van der Waals surface area contributed by atoms with Crippen LogP contribution in [0.2, 0.25) is 0 Å². The molecule has 10 nitrogen and oxygen atoms in total. The number of nitrogens with one attached hydrogen (secondary N) is 1. The summed E-state index contributed by atoms with van der Waals surface area (Å²) in [6.07, 6.45) is 0. The van der Waals surface area contributed by atoms with E-state index in [0.29, 0.717) is 0 Å². The van der Waals surface area contributed by atoms with E-state index in [1.165, 1.54) is 25.3 Å². The molecule has 21 heavy (non-hydrogen) atoms. The molecule has 0 aliphatic rings. The van der Waals surface area contributed by atoms with E-state index in [9.17, 15) is 10.1 Å². The van der Waals surface area contributed by atoms with Crippen molar-refractivity contribution in [3.05, 3.63) is 32.8 Å². The van der Waals surface area contributed by atoms with Crippen molar-refractivity contribution in [2.24, 2.45) is 5.84 Å². The zero-order chi connectivity index (χ0) is 15.4. The van der Waals surface area contributed by atoms with Crippen LogP contribution < -0.4 is 20.7 Å². The van der Waals surface area contributed by atoms with Gasteiger partial charge >= 0.3 is 12.0 Å². The maximum atomic E-state index is 10.9. The second-order valence-corrected chi connectivity index (χ2v) is 4.31. The van der Waals surface area contributed by atoms with Crippen LogP contribution in [0, 0.1) is 10.1 Å². The number of anilines is 1. The second-order valence-electron chi connectivity index (χ2n) is 3.52. The Labute approximate surface area is 126 Å². The number of methoxy groups -OCH3 is 1. The highest BCUT2D eigenvalue weighted by Gasteiger charge is 2.18. The molecule has 0 amide bonds. The summed E-state index contributed by atoms with van der Waals surface area (Å²) >= 11 is 3.10. The molecule has 1 aromatic carbocycles. The molecule has 0 atom stereocenters. The van der Waals surface area contributed by atoms with Gasteiger partial charge in [-0.05, 0) is 22.0 Å². The van der Waals surface area contributed by atoms with E-state index in [0.717, 1.165) is 0 Å². The van der Waals surface area contributed by atoms with Crippen molar-refractivity contribution in [2.45, 2.75) is 0 Å². The van der Waals surface area contributed by atoms with Crippen LogP contribution in [0.4, 0.5) is 11.6 Å². The number of hydrogen-bond donors (Lipinski definition) is 2. The molecule has 0 bridgehead atoms. The summed E-state index contributed by atoms with van der Waals surface area (Å²) in [6, 6.07) is 4.17. The number of halogens is 1. The maximum absolute atomic E-state index is 10.9. The van der Waals surface area contributed by atoms with E-state index in [1.807, 2.05) is 0 Å². The summed E-state index contributed by atoms with van der Waals surface area (Å²) in [4.78, 5) is 21.8. The summed E-state index contributed by atoms with van der Waals surface area (Å²) in [5.74, 6) is 5.41. The van der Waals surface area contributed by atoms with Crippen molar-refractivity contribution in [3.8, 4) is 17.8 Å². The molecule has 0 aliphatic carbocycles. The number of hydrazine groups is 1. The van der Waals surface area contributed by atoms with E-state index in [4.69, 9.17) is 15.3 Å². The Morgan fingerprint density at radius 3 is 2.67 bits per heavy atom. The van der Waals surface area contributed by atoms with Crippen molar-refractivity contribution >= 4 is 27.6 Å². The lowest BCUT2D eigenvalue weighted by atomic mass is 10.3. The van der Waals surface area contributed by atoms with E-state index < -0.39 is 4.92 Å². The van der Waals surface area contributed by atoms with Gasteiger partial charge in [-0.1, -0.05) is 6.07 Å². The van der Waals surface area contributed by atoms with Crippen molar-refractivity contribution in [1.82, 2.24) is 15.0 Å². The third kappa shape index (κ3) is 3.32. The minimum atomic E-state index is -0.544. The largest absolute Gasteiger partial charge is 0.467 e. The highest BCUT2D eigenvalue weighted by Crippen LogP contribution is 2.35. The van der Waals surface area contributed by atoms with Gasteiger partial charge in [-0.15, -0.1) is 4.98 Å². The van der Waals surface area contributed by atoms with Gasteiger partial charge in [0, 0.05) is 6.07 Å². The Kier molecular flexibility index (Phi) is 4.45. The second kappa shape index (κ2) is 6.28. The number of nitrogen functional groups attached to an aromatic ring is 1. The van der Waals surface area contributed by atoms with Gasteiger partial charge in [0.25, 0.3) is 5.69 Å². The molecule has 0 saturated carbocycles. The third-order valence-corrected chi connectivity index (χ3v) is 3.04. The van der Waals surface area contributed by atoms with Gasteiger partial charge in [0.05, 0.1) is 12.0 Å². The van der Waals surface area contributed by atoms with Crippen LogP contribution in [-0.4, -0.2) is 27.0 Å². The van der Waals surface area contributed by atoms with Gasteiger partial charge in [0.2, 0.25) is 5.95 Å². The minimum absolute atomic E-state index is 0.0190. The molecular formula is C10H9BrN6O4. The molecule has 2 aromatic rings. The Hall–Kier alpha value is -2.53. The number of nitro groups is 1. The van der Waals surface area contributed by atoms with Gasteiger partial charge in [0.1, 0.15) is 4.47 Å². The van der Waals surface area contributed by atoms with Crippen LogP contribution in [0.5, 0.6) is 17.8 Å². The number of benzene rings is 1. The lowest BCUT2D eigenvalue weighted by Crippen LogP contribution is -2.12. The van der Waals surface area contributed by atoms with E-state index >= 15 is 0 Å². The summed E-state index contributed by atoms with van der Waals surface area (Å²) < 4.78 is 10.4. The maximum Gasteiger partial charge on any atom is 0.330 e. The first-order chi connectivity index (χ1) is 10.0. The molecule has 0 radical (unpaired) electrons. The quantitative estimate of drug-likeness (QED) is 0.464. The summed E-state index contributed by atoms with van der Waals surface area (Å²) in [5.41, 5.74) is 2.08. The SMILES string of the molecule is COc1nc(NN)nc(Oc2cccc([N+](=O)[O-])c2Br)n1. The summed E-state index contributed by atoms with van der Waals surface area (Å²) in [6.45, 7) is 0. The van der Waals surface area contributed by atoms with Gasteiger partial charge < -0.3 is 9.47 Å². The van der Waals surface area contributed by atoms with Crippen LogP contribution in [-0.2, 0) is 0 Å². The molecule has 0 spiro atoms. The fourth-order valence-electron chi connectivity index (χ4n) is 1.36. The van der Waals surface area contributed by atoms with Gasteiger partial charge in [-0.2, -0.15) is 9.97 Å². The molecule has 0 fully saturated rings. The summed E-state index contributed by atoms with van der Waals surface area (Å²) in [5, 5.41) is 10.9. The van der Waals surface area contributed by atoms with Crippen molar-refractivity contribution in [1.29, 1.82) is 0 Å². The van der Waals surface area contributed by atoms with Crippen LogP contribution in [0.1, 0.15) is 0 Å². The predicted octanol–water partition coefficient (Wildman–Crippen LogP) is 1.63. The fourth-order valence-corrected chi connectivity index (χ4v) is 1.85. The zero-order valence-electron chi connectivity index (χ0n) is 10.6. The number of nitrogens with two attached hydrogens (primary N) is 1. The number of rotatable bonds is 5. The van der Waals surface area contributed by atoms with Gasteiger partial charge in [-0.3, -0.25) is 15.5 Å². The standard InChI is InChI=1S/C10H9BrN6O4/c1-20-9-13-8(16-12)14-10(15-9)21-6-4-2-3-5(7(6)11)17(18)19/h2-4H,12H2,1H3,(H,13,14,15,16). The molecule has 0 saturated heterocycles. The third-order valence-electron chi connectivity index (χ3n) is 2.25. The highest BCUT2D eigenvalue weighted by molar-refractivity contribution is 9.10. The van der Waals surface area contributed by atoms with Crippen molar-refractivity contribution < 1.29 is 14.4 Å². The fraction of sp³-hybridized carbons (Fsp3) is 0.100. The molecule has 0 aliphatic heterocycles. The van der Waals surface area contributed by atoms with Crippen LogP contribution in [0.3, 0.4) is 0 Å².